The largest absolute Gasteiger partial charge is 0.491 e. The first kappa shape index (κ1) is 35.8. The minimum absolute atomic E-state index is 0.0119. The molecule has 47 heavy (non-hydrogen) atoms. The Bertz CT molecular complexity index is 1460. The molecule has 256 valence electrons. The lowest BCUT2D eigenvalue weighted by Gasteiger charge is -2.30. The van der Waals surface area contributed by atoms with Gasteiger partial charge in [-0.15, -0.1) is 11.3 Å². The fraction of sp³-hybridized carbons (Fsp3) is 0.576. The number of nitrogens with zero attached hydrogens (tertiary/aromatic N) is 2. The van der Waals surface area contributed by atoms with E-state index in [2.05, 4.69) is 26.3 Å². The van der Waals surface area contributed by atoms with Crippen LogP contribution in [0.3, 0.4) is 0 Å². The Hall–Kier alpha value is -4.04. The number of aromatic nitrogens is 1. The van der Waals surface area contributed by atoms with Gasteiger partial charge in [0.2, 0.25) is 23.6 Å². The smallest absolute Gasteiger partial charge is 0.263 e. The van der Waals surface area contributed by atoms with Crippen molar-refractivity contribution in [1.82, 2.24) is 31.2 Å². The molecule has 0 saturated carbocycles. The van der Waals surface area contributed by atoms with E-state index in [0.29, 0.717) is 22.7 Å². The number of amides is 5. The first-order chi connectivity index (χ1) is 22.2. The second-order valence-corrected chi connectivity index (χ2v) is 14.0. The summed E-state index contributed by atoms with van der Waals surface area (Å²) < 4.78 is 6.03. The normalized spacial score (nSPS) is 26.3. The highest BCUT2D eigenvalue weighted by molar-refractivity contribution is 7.13. The van der Waals surface area contributed by atoms with Crippen LogP contribution in [0.4, 0.5) is 0 Å². The number of hydrogen-bond donors (Lipinski definition) is 5. The van der Waals surface area contributed by atoms with Gasteiger partial charge in [-0.1, -0.05) is 32.9 Å². The van der Waals surface area contributed by atoms with Gasteiger partial charge in [0.25, 0.3) is 5.91 Å². The number of nitrogens with one attached hydrogen (secondary N) is 4. The predicted octanol–water partition coefficient (Wildman–Crippen LogP) is 1.39. The van der Waals surface area contributed by atoms with E-state index in [1.165, 1.54) is 16.2 Å². The maximum atomic E-state index is 13.8. The standard InChI is InChI=1S/C33H46N6O7S/c1-7-25-33(45)39-15-23(40)14-27(39)31(43)35-19(5)29(41)36-22(12-17(2)3)16-46-24-10-8-21(9-11-24)13-26(30(42)37-25)38-32(44)28-18(4)34-20(6)47-28/h8-11,17,19,22-23,25-27,40H,7,12-16H2,1-6H3,(H,35,43)(H,36,41)(H,37,42)(H,38,44)/t19-,22+,23-,25+,26+,27+/m1/s1. The van der Waals surface area contributed by atoms with Crippen LogP contribution in [0.5, 0.6) is 5.75 Å². The number of aliphatic hydroxyl groups excluding tert-OH is 1. The molecular weight excluding hydrogens is 624 g/mol. The minimum atomic E-state index is -1.04. The van der Waals surface area contributed by atoms with Gasteiger partial charge in [0.05, 0.1) is 22.8 Å². The van der Waals surface area contributed by atoms with Crippen LogP contribution in [-0.4, -0.2) is 94.0 Å². The van der Waals surface area contributed by atoms with Crippen molar-refractivity contribution in [2.45, 2.75) is 104 Å². The van der Waals surface area contributed by atoms with Crippen molar-refractivity contribution in [2.75, 3.05) is 13.2 Å². The van der Waals surface area contributed by atoms with Crippen LogP contribution in [0.15, 0.2) is 24.3 Å². The Morgan fingerprint density at radius 2 is 1.79 bits per heavy atom. The average Bonchev–Trinajstić information content (AvgIpc) is 3.58. The summed E-state index contributed by atoms with van der Waals surface area (Å²) in [5.41, 5.74) is 1.29. The summed E-state index contributed by atoms with van der Waals surface area (Å²) in [6.45, 7) is 11.0. The van der Waals surface area contributed by atoms with E-state index in [4.69, 9.17) is 4.74 Å². The van der Waals surface area contributed by atoms with Crippen molar-refractivity contribution in [2.24, 2.45) is 5.92 Å². The molecule has 5 N–H and O–H groups in total. The van der Waals surface area contributed by atoms with E-state index in [9.17, 15) is 29.1 Å². The molecule has 3 aliphatic rings. The lowest BCUT2D eigenvalue weighted by molar-refractivity contribution is -0.142. The van der Waals surface area contributed by atoms with E-state index in [1.54, 1.807) is 52.0 Å². The lowest BCUT2D eigenvalue weighted by Crippen LogP contribution is -2.58. The average molecular weight is 671 g/mol. The third-order valence-electron chi connectivity index (χ3n) is 8.29. The molecule has 0 unspecified atom stereocenters. The molecule has 14 heteroatoms. The van der Waals surface area contributed by atoms with Gasteiger partial charge in [-0.05, 0) is 57.2 Å². The van der Waals surface area contributed by atoms with Crippen molar-refractivity contribution < 1.29 is 33.8 Å². The van der Waals surface area contributed by atoms with Crippen LogP contribution in [0.1, 0.15) is 72.9 Å². The maximum absolute atomic E-state index is 13.8. The van der Waals surface area contributed by atoms with Crippen molar-refractivity contribution in [3.05, 3.63) is 45.4 Å². The van der Waals surface area contributed by atoms with E-state index < -0.39 is 59.8 Å². The highest BCUT2D eigenvalue weighted by Crippen LogP contribution is 2.22. The number of carbonyl (C=O) groups excluding carboxylic acids is 5. The molecular formula is C33H46N6O7S. The van der Waals surface area contributed by atoms with Crippen LogP contribution in [-0.2, 0) is 25.6 Å². The molecule has 13 nitrogen and oxygen atoms in total. The van der Waals surface area contributed by atoms with Gasteiger partial charge in [0.15, 0.2) is 0 Å². The molecule has 4 heterocycles. The molecule has 1 saturated heterocycles. The van der Waals surface area contributed by atoms with Crippen LogP contribution in [0, 0.1) is 19.8 Å². The number of thiazole rings is 1. The van der Waals surface area contributed by atoms with Crippen molar-refractivity contribution in [1.29, 1.82) is 0 Å². The van der Waals surface area contributed by atoms with Crippen LogP contribution < -0.4 is 26.0 Å². The number of hydrogen-bond acceptors (Lipinski definition) is 9. The summed E-state index contributed by atoms with van der Waals surface area (Å²) in [6, 6.07) is 2.74. The molecule has 1 aromatic heterocycles. The third kappa shape index (κ3) is 9.28. The molecule has 2 aromatic rings. The van der Waals surface area contributed by atoms with Gasteiger partial charge in [-0.3, -0.25) is 24.0 Å². The van der Waals surface area contributed by atoms with Crippen molar-refractivity contribution in [3.8, 4) is 5.75 Å². The maximum Gasteiger partial charge on any atom is 0.263 e. The Morgan fingerprint density at radius 1 is 1.09 bits per heavy atom. The number of carbonyl (C=O) groups is 5. The zero-order valence-electron chi connectivity index (χ0n) is 27.8. The number of aliphatic hydroxyl groups is 1. The quantitative estimate of drug-likeness (QED) is 0.296. The zero-order valence-corrected chi connectivity index (χ0v) is 28.6. The minimum Gasteiger partial charge on any atom is -0.491 e. The fourth-order valence-corrected chi connectivity index (χ4v) is 6.71. The molecule has 3 aliphatic heterocycles. The van der Waals surface area contributed by atoms with Gasteiger partial charge < -0.3 is 36.0 Å². The van der Waals surface area contributed by atoms with Crippen LogP contribution in [0.25, 0.3) is 0 Å². The molecule has 5 rings (SSSR count). The molecule has 6 atom stereocenters. The SMILES string of the molecule is CC[C@@H]1NC(=O)[C@@H](NC(=O)c2sc(C)nc2C)Cc2ccc(cc2)OC[C@H](CC(C)C)NC(=O)[C@@H](C)NC(=O)[C@@H]2C[C@@H](O)CN2C1=O. The summed E-state index contributed by atoms with van der Waals surface area (Å²) in [5.74, 6) is -1.73. The molecule has 2 bridgehead atoms. The summed E-state index contributed by atoms with van der Waals surface area (Å²) >= 11 is 1.23. The second-order valence-electron chi connectivity index (χ2n) is 12.8. The summed E-state index contributed by atoms with van der Waals surface area (Å²) in [4.78, 5) is 73.4. The summed E-state index contributed by atoms with van der Waals surface area (Å²) in [7, 11) is 0. The van der Waals surface area contributed by atoms with Crippen molar-refractivity contribution in [3.63, 3.8) is 0 Å². The van der Waals surface area contributed by atoms with Gasteiger partial charge >= 0.3 is 0 Å². The van der Waals surface area contributed by atoms with Gasteiger partial charge in [-0.2, -0.15) is 0 Å². The lowest BCUT2D eigenvalue weighted by atomic mass is 10.0. The van der Waals surface area contributed by atoms with Crippen molar-refractivity contribution >= 4 is 40.9 Å². The van der Waals surface area contributed by atoms with Gasteiger partial charge in [0, 0.05) is 19.4 Å². The Kier molecular flexibility index (Phi) is 12.0. The van der Waals surface area contributed by atoms with E-state index in [0.717, 1.165) is 10.6 Å². The number of benzene rings is 1. The predicted molar refractivity (Wildman–Crippen MR) is 176 cm³/mol. The van der Waals surface area contributed by atoms with E-state index in [-0.39, 0.29) is 44.4 Å². The Morgan fingerprint density at radius 3 is 2.40 bits per heavy atom. The number of ether oxygens (including phenoxy) is 1. The fourth-order valence-electron chi connectivity index (χ4n) is 5.89. The highest BCUT2D eigenvalue weighted by atomic mass is 32.1. The monoisotopic (exact) mass is 670 g/mol. The van der Waals surface area contributed by atoms with Crippen LogP contribution in [0.2, 0.25) is 0 Å². The number of fused-ring (bicyclic) bond motifs is 14. The number of rotatable bonds is 5. The molecule has 1 aromatic carbocycles. The topological polar surface area (TPSA) is 179 Å². The molecule has 5 amide bonds. The van der Waals surface area contributed by atoms with Gasteiger partial charge in [0.1, 0.15) is 41.4 Å². The summed E-state index contributed by atoms with van der Waals surface area (Å²) in [5, 5.41) is 22.5. The first-order valence-electron chi connectivity index (χ1n) is 16.1. The van der Waals surface area contributed by atoms with Gasteiger partial charge in [-0.25, -0.2) is 4.98 Å². The first-order valence-corrected chi connectivity index (χ1v) is 16.9. The number of aryl methyl sites for hydroxylation is 2. The van der Waals surface area contributed by atoms with E-state index in [1.807, 2.05) is 13.8 Å². The second kappa shape index (κ2) is 15.7. The molecule has 0 radical (unpaired) electrons. The summed E-state index contributed by atoms with van der Waals surface area (Å²) in [6.07, 6.45) is -0.0165. The van der Waals surface area contributed by atoms with E-state index >= 15 is 0 Å². The highest BCUT2D eigenvalue weighted by Gasteiger charge is 2.42. The Balaban J connectivity index is 1.67. The molecule has 0 aliphatic carbocycles. The third-order valence-corrected chi connectivity index (χ3v) is 9.36. The molecule has 0 spiro atoms. The Labute approximate surface area is 279 Å². The van der Waals surface area contributed by atoms with Crippen LogP contribution >= 0.6 is 11.3 Å². The molecule has 1 fully saturated rings. The zero-order chi connectivity index (χ0) is 34.4.